The molecule has 2 rings (SSSR count). The van der Waals surface area contributed by atoms with E-state index in [1.165, 1.54) is 6.42 Å². The summed E-state index contributed by atoms with van der Waals surface area (Å²) >= 11 is 0. The summed E-state index contributed by atoms with van der Waals surface area (Å²) in [6, 6.07) is 0.552. The Labute approximate surface area is 115 Å². The van der Waals surface area contributed by atoms with Gasteiger partial charge in [-0.2, -0.15) is 0 Å². The van der Waals surface area contributed by atoms with Crippen LogP contribution in [0.3, 0.4) is 0 Å². The van der Waals surface area contributed by atoms with Gasteiger partial charge in [-0.1, -0.05) is 13.8 Å². The van der Waals surface area contributed by atoms with Crippen molar-refractivity contribution in [3.63, 3.8) is 0 Å². The highest BCUT2D eigenvalue weighted by molar-refractivity contribution is 5.32. The monoisotopic (exact) mass is 263 g/mol. The molecule has 0 aliphatic heterocycles. The molecule has 1 aliphatic carbocycles. The number of rotatable bonds is 3. The van der Waals surface area contributed by atoms with Gasteiger partial charge in [0.15, 0.2) is 5.82 Å². The van der Waals surface area contributed by atoms with Gasteiger partial charge in [0.1, 0.15) is 0 Å². The standard InChI is InChI=1S/C15H25N3O/c1-10(2)18-8-7-16-14(15(18)19)17-13-6-5-11(3)12(4)9-13/h7-8,10-13H,5-6,9H2,1-4H3,(H,16,17). The first-order valence-corrected chi connectivity index (χ1v) is 7.32. The van der Waals surface area contributed by atoms with E-state index in [2.05, 4.69) is 24.1 Å². The molecule has 1 aromatic rings. The highest BCUT2D eigenvalue weighted by Gasteiger charge is 2.25. The van der Waals surface area contributed by atoms with E-state index in [0.717, 1.165) is 18.8 Å². The molecule has 0 saturated heterocycles. The van der Waals surface area contributed by atoms with Gasteiger partial charge in [0.05, 0.1) is 0 Å². The first kappa shape index (κ1) is 14.1. The quantitative estimate of drug-likeness (QED) is 0.911. The van der Waals surface area contributed by atoms with Crippen molar-refractivity contribution in [1.82, 2.24) is 9.55 Å². The van der Waals surface area contributed by atoms with Crippen LogP contribution in [0.4, 0.5) is 5.82 Å². The van der Waals surface area contributed by atoms with Gasteiger partial charge < -0.3 is 9.88 Å². The van der Waals surface area contributed by atoms with E-state index in [-0.39, 0.29) is 11.6 Å². The Morgan fingerprint density at radius 1 is 1.32 bits per heavy atom. The van der Waals surface area contributed by atoms with Gasteiger partial charge in [-0.25, -0.2) is 4.98 Å². The van der Waals surface area contributed by atoms with Crippen LogP contribution >= 0.6 is 0 Å². The van der Waals surface area contributed by atoms with Gasteiger partial charge in [0, 0.05) is 24.5 Å². The molecule has 1 aliphatic rings. The van der Waals surface area contributed by atoms with E-state index in [9.17, 15) is 4.79 Å². The van der Waals surface area contributed by atoms with Crippen molar-refractivity contribution in [2.45, 2.75) is 59.0 Å². The predicted molar refractivity (Wildman–Crippen MR) is 78.5 cm³/mol. The molecule has 1 aromatic heterocycles. The summed E-state index contributed by atoms with van der Waals surface area (Å²) < 4.78 is 1.73. The third-order valence-electron chi connectivity index (χ3n) is 4.36. The SMILES string of the molecule is CC1CCC(Nc2nccn(C(C)C)c2=O)CC1C. The summed E-state index contributed by atoms with van der Waals surface area (Å²) in [4.78, 5) is 16.5. The lowest BCUT2D eigenvalue weighted by molar-refractivity contribution is 0.260. The number of nitrogens with zero attached hydrogens (tertiary/aromatic N) is 2. The largest absolute Gasteiger partial charge is 0.363 e. The van der Waals surface area contributed by atoms with Crippen LogP contribution in [0, 0.1) is 11.8 Å². The van der Waals surface area contributed by atoms with Gasteiger partial charge in [-0.05, 0) is 44.9 Å². The molecule has 3 unspecified atom stereocenters. The second kappa shape index (κ2) is 5.76. The van der Waals surface area contributed by atoms with Crippen molar-refractivity contribution >= 4 is 5.82 Å². The van der Waals surface area contributed by atoms with Crippen molar-refractivity contribution < 1.29 is 0 Å². The molecule has 1 heterocycles. The summed E-state index contributed by atoms with van der Waals surface area (Å²) in [5, 5.41) is 3.35. The lowest BCUT2D eigenvalue weighted by Gasteiger charge is -2.32. The fourth-order valence-corrected chi connectivity index (χ4v) is 2.80. The van der Waals surface area contributed by atoms with Crippen LogP contribution in [-0.2, 0) is 0 Å². The maximum Gasteiger partial charge on any atom is 0.293 e. The molecule has 0 aromatic carbocycles. The fraction of sp³-hybridized carbons (Fsp3) is 0.733. The summed E-state index contributed by atoms with van der Waals surface area (Å²) in [5.41, 5.74) is -0.0104. The van der Waals surface area contributed by atoms with Crippen molar-refractivity contribution in [3.05, 3.63) is 22.7 Å². The molecule has 0 radical (unpaired) electrons. The average Bonchev–Trinajstić information content (AvgIpc) is 2.36. The zero-order valence-electron chi connectivity index (χ0n) is 12.4. The molecule has 1 fully saturated rings. The molecular formula is C15H25N3O. The molecule has 0 bridgehead atoms. The van der Waals surface area contributed by atoms with Crippen LogP contribution in [0.25, 0.3) is 0 Å². The Hall–Kier alpha value is -1.32. The van der Waals surface area contributed by atoms with Crippen molar-refractivity contribution in [2.75, 3.05) is 5.32 Å². The molecule has 0 spiro atoms. The van der Waals surface area contributed by atoms with Crippen molar-refractivity contribution in [2.24, 2.45) is 11.8 Å². The van der Waals surface area contributed by atoms with Crippen LogP contribution in [0.5, 0.6) is 0 Å². The third kappa shape index (κ3) is 3.17. The van der Waals surface area contributed by atoms with Crippen molar-refractivity contribution in [3.8, 4) is 0 Å². The van der Waals surface area contributed by atoms with Crippen LogP contribution in [0.15, 0.2) is 17.2 Å². The van der Waals surface area contributed by atoms with Gasteiger partial charge >= 0.3 is 0 Å². The van der Waals surface area contributed by atoms with E-state index in [1.807, 2.05) is 13.8 Å². The second-order valence-electron chi connectivity index (χ2n) is 6.19. The molecular weight excluding hydrogens is 238 g/mol. The number of nitrogens with one attached hydrogen (secondary N) is 1. The van der Waals surface area contributed by atoms with E-state index in [0.29, 0.717) is 17.8 Å². The zero-order chi connectivity index (χ0) is 14.0. The molecule has 3 atom stereocenters. The molecule has 4 nitrogen and oxygen atoms in total. The van der Waals surface area contributed by atoms with Crippen LogP contribution in [0.1, 0.15) is 53.0 Å². The maximum absolute atomic E-state index is 12.3. The minimum atomic E-state index is -0.0104. The fourth-order valence-electron chi connectivity index (χ4n) is 2.80. The first-order chi connectivity index (χ1) is 8.99. The van der Waals surface area contributed by atoms with E-state index in [4.69, 9.17) is 0 Å². The number of aromatic nitrogens is 2. The van der Waals surface area contributed by atoms with Gasteiger partial charge in [0.25, 0.3) is 5.56 Å². The van der Waals surface area contributed by atoms with Gasteiger partial charge in [0.2, 0.25) is 0 Å². The summed E-state index contributed by atoms with van der Waals surface area (Å²) in [5.74, 6) is 2.00. The smallest absolute Gasteiger partial charge is 0.293 e. The van der Waals surface area contributed by atoms with Crippen LogP contribution in [0.2, 0.25) is 0 Å². The average molecular weight is 263 g/mol. The zero-order valence-corrected chi connectivity index (χ0v) is 12.4. The Morgan fingerprint density at radius 3 is 2.68 bits per heavy atom. The van der Waals surface area contributed by atoms with Crippen LogP contribution in [-0.4, -0.2) is 15.6 Å². The van der Waals surface area contributed by atoms with Gasteiger partial charge in [-0.15, -0.1) is 0 Å². The van der Waals surface area contributed by atoms with E-state index in [1.54, 1.807) is 17.0 Å². The maximum atomic E-state index is 12.3. The first-order valence-electron chi connectivity index (χ1n) is 7.32. The van der Waals surface area contributed by atoms with Gasteiger partial charge in [-0.3, -0.25) is 4.79 Å². The highest BCUT2D eigenvalue weighted by atomic mass is 16.1. The Balaban J connectivity index is 2.12. The topological polar surface area (TPSA) is 46.9 Å². The lowest BCUT2D eigenvalue weighted by Crippen LogP contribution is -2.34. The molecule has 1 N–H and O–H groups in total. The predicted octanol–water partition coefficient (Wildman–Crippen LogP) is 3.06. The summed E-state index contributed by atoms with van der Waals surface area (Å²) in [6.07, 6.45) is 6.94. The molecule has 0 amide bonds. The van der Waals surface area contributed by atoms with E-state index < -0.39 is 0 Å². The van der Waals surface area contributed by atoms with Crippen molar-refractivity contribution in [1.29, 1.82) is 0 Å². The Morgan fingerprint density at radius 2 is 2.05 bits per heavy atom. The molecule has 1 saturated carbocycles. The highest BCUT2D eigenvalue weighted by Crippen LogP contribution is 2.30. The Bertz CT molecular complexity index is 481. The summed E-state index contributed by atoms with van der Waals surface area (Å²) in [7, 11) is 0. The number of hydrogen-bond acceptors (Lipinski definition) is 3. The lowest BCUT2D eigenvalue weighted by atomic mass is 9.79. The third-order valence-corrected chi connectivity index (χ3v) is 4.36. The molecule has 19 heavy (non-hydrogen) atoms. The normalized spacial score (nSPS) is 27.5. The number of hydrogen-bond donors (Lipinski definition) is 1. The molecule has 106 valence electrons. The Kier molecular flexibility index (Phi) is 4.27. The minimum absolute atomic E-state index is 0.0104. The summed E-state index contributed by atoms with van der Waals surface area (Å²) in [6.45, 7) is 8.63. The van der Waals surface area contributed by atoms with Crippen LogP contribution < -0.4 is 10.9 Å². The number of anilines is 1. The molecule has 4 heteroatoms. The minimum Gasteiger partial charge on any atom is -0.363 e. The second-order valence-corrected chi connectivity index (χ2v) is 6.19. The van der Waals surface area contributed by atoms with E-state index >= 15 is 0 Å².